The summed E-state index contributed by atoms with van der Waals surface area (Å²) in [5, 5.41) is 0. The summed E-state index contributed by atoms with van der Waals surface area (Å²) in [5.74, 6) is 1.24. The van der Waals surface area contributed by atoms with Gasteiger partial charge in [0.05, 0.1) is 63.0 Å². The van der Waals surface area contributed by atoms with Gasteiger partial charge in [0, 0.05) is 26.2 Å². The van der Waals surface area contributed by atoms with Gasteiger partial charge in [-0.3, -0.25) is 0 Å². The molecule has 3 aromatic rings. The maximum absolute atomic E-state index is 11.9. The van der Waals surface area contributed by atoms with Crippen LogP contribution in [0.5, 0.6) is 17.2 Å². The Morgan fingerprint density at radius 2 is 0.556 bits per heavy atom. The van der Waals surface area contributed by atoms with Gasteiger partial charge in [-0.1, -0.05) is 191 Å². The second-order valence-electron chi connectivity index (χ2n) is 20.8. The van der Waals surface area contributed by atoms with Crippen molar-refractivity contribution in [2.75, 3.05) is 66.1 Å². The molecule has 0 aliphatic heterocycles. The van der Waals surface area contributed by atoms with Crippen LogP contribution in [0.1, 0.15) is 217 Å². The van der Waals surface area contributed by atoms with Gasteiger partial charge in [0.2, 0.25) is 0 Å². The van der Waals surface area contributed by atoms with Crippen molar-refractivity contribution in [2.45, 2.75) is 207 Å². The number of hydrogen-bond donors (Lipinski definition) is 0. The van der Waals surface area contributed by atoms with Gasteiger partial charge in [0.15, 0.2) is 6.29 Å². The first-order valence-electron chi connectivity index (χ1n) is 31.2. The fourth-order valence-corrected chi connectivity index (χ4v) is 9.19. The number of ether oxygens (including phenoxy) is 9. The smallest absolute Gasteiger partial charge is 0.338 e. The van der Waals surface area contributed by atoms with Crippen LogP contribution in [0.2, 0.25) is 0 Å². The zero-order chi connectivity index (χ0) is 58.2. The quantitative estimate of drug-likeness (QED) is 0.0175. The highest BCUT2D eigenvalue weighted by molar-refractivity contribution is 6.16. The molecule has 0 saturated carbocycles. The molecule has 0 aliphatic rings. The van der Waals surface area contributed by atoms with Gasteiger partial charge in [-0.15, -0.1) is 0 Å². The predicted octanol–water partition coefficient (Wildman–Crippen LogP) is 17.3. The lowest BCUT2D eigenvalue weighted by atomic mass is 10.1. The van der Waals surface area contributed by atoms with Crippen molar-refractivity contribution in [3.63, 3.8) is 0 Å². The van der Waals surface area contributed by atoms with Crippen molar-refractivity contribution in [1.29, 1.82) is 0 Å². The van der Waals surface area contributed by atoms with E-state index in [4.69, 9.17) is 42.6 Å². The fourth-order valence-electron chi connectivity index (χ4n) is 9.19. The summed E-state index contributed by atoms with van der Waals surface area (Å²) in [6, 6.07) is 22.4. The normalized spacial score (nSPS) is 11.1. The topological polar surface area (TPSA) is 134 Å². The van der Waals surface area contributed by atoms with Gasteiger partial charge in [-0.25, -0.2) is 14.4 Å². The molecule has 0 aromatic heterocycles. The van der Waals surface area contributed by atoms with Gasteiger partial charge in [-0.05, 0) is 112 Å². The van der Waals surface area contributed by atoms with Crippen molar-refractivity contribution in [2.24, 2.45) is 0 Å². The van der Waals surface area contributed by atoms with Crippen molar-refractivity contribution in [3.8, 4) is 17.2 Å². The number of carbonyl (C=O) groups excluding carboxylic acids is 3. The molecule has 0 heterocycles. The molecule has 0 aliphatic carbocycles. The standard InChI is InChI=1S/C69H104O12/c1-7-74-67(70)57(4)60-37-43-63(44-38-60)77-51-32-26-20-14-10-13-19-25-31-50-73-56-49-66(80-54-35-29-23-17-11-15-21-27-33-52-78-64-45-39-61(40-46-64)58(5)68(71)75-8-2)81-55-36-30-24-18-12-16-22-28-34-53-79-65-47-41-62(42-48-65)59(6)69(72)76-9-3/h37-48,66H,4-36,49-56H2,1-3H3. The highest BCUT2D eigenvalue weighted by atomic mass is 16.7. The first-order chi connectivity index (χ1) is 39.7. The minimum atomic E-state index is -0.390. The van der Waals surface area contributed by atoms with Crippen LogP contribution in [0.25, 0.3) is 16.7 Å². The van der Waals surface area contributed by atoms with E-state index in [2.05, 4.69) is 19.7 Å². The molecule has 0 amide bonds. The maximum atomic E-state index is 11.9. The third-order valence-electron chi connectivity index (χ3n) is 14.1. The zero-order valence-electron chi connectivity index (χ0n) is 50.4. The average molecular weight is 1130 g/mol. The first-order valence-corrected chi connectivity index (χ1v) is 31.2. The molecule has 0 N–H and O–H groups in total. The Balaban J connectivity index is 1.20. The minimum Gasteiger partial charge on any atom is -0.494 e. The predicted molar refractivity (Wildman–Crippen MR) is 329 cm³/mol. The number of hydrogen-bond acceptors (Lipinski definition) is 12. The summed E-state index contributed by atoms with van der Waals surface area (Å²) in [5.41, 5.74) is 3.33. The Bertz CT molecular complexity index is 2020. The molecular formula is C69H104O12. The maximum Gasteiger partial charge on any atom is 0.338 e. The van der Waals surface area contributed by atoms with E-state index in [9.17, 15) is 14.4 Å². The molecule has 452 valence electrons. The molecule has 0 bridgehead atoms. The molecule has 0 fully saturated rings. The van der Waals surface area contributed by atoms with Crippen LogP contribution in [-0.2, 0) is 42.8 Å². The second kappa shape index (κ2) is 47.1. The highest BCUT2D eigenvalue weighted by Gasteiger charge is 2.14. The van der Waals surface area contributed by atoms with Crippen molar-refractivity contribution >= 4 is 34.6 Å². The van der Waals surface area contributed by atoms with Gasteiger partial charge in [-0.2, -0.15) is 0 Å². The van der Waals surface area contributed by atoms with Crippen LogP contribution in [-0.4, -0.2) is 90.3 Å². The number of rotatable bonds is 53. The van der Waals surface area contributed by atoms with Gasteiger partial charge in [0.1, 0.15) is 17.2 Å². The molecule has 0 radical (unpaired) electrons. The third-order valence-corrected chi connectivity index (χ3v) is 14.1. The molecule has 0 saturated heterocycles. The SMILES string of the molecule is C=C(C(=O)OCC)c1ccc(OCCCCCCCCCCCOCCC(OCCCCCCCCCCCOc2ccc(C(=C)C(=O)OCC)cc2)OCCCCCCCCCCCOc2ccc(C(=C)C(=O)OCC)cc2)cc1. The van der Waals surface area contributed by atoms with E-state index in [-0.39, 0.29) is 24.2 Å². The van der Waals surface area contributed by atoms with E-state index in [0.29, 0.717) is 63.0 Å². The minimum absolute atomic E-state index is 0.215. The molecule has 3 aromatic carbocycles. The summed E-state index contributed by atoms with van der Waals surface area (Å²) in [7, 11) is 0. The summed E-state index contributed by atoms with van der Waals surface area (Å²) in [4.78, 5) is 35.8. The number of benzene rings is 3. The second-order valence-corrected chi connectivity index (χ2v) is 20.8. The third kappa shape index (κ3) is 33.9. The van der Waals surface area contributed by atoms with E-state index in [1.54, 1.807) is 20.8 Å². The van der Waals surface area contributed by atoms with Crippen molar-refractivity contribution in [1.82, 2.24) is 0 Å². The average Bonchev–Trinajstić information content (AvgIpc) is 3.50. The Morgan fingerprint density at radius 1 is 0.321 bits per heavy atom. The molecular weight excluding hydrogens is 1020 g/mol. The van der Waals surface area contributed by atoms with Crippen LogP contribution in [0, 0.1) is 0 Å². The molecule has 0 spiro atoms. The lowest BCUT2D eigenvalue weighted by molar-refractivity contribution is -0.154. The number of carbonyl (C=O) groups is 3. The van der Waals surface area contributed by atoms with Gasteiger partial charge < -0.3 is 42.6 Å². The van der Waals surface area contributed by atoms with E-state index < -0.39 is 0 Å². The Labute approximate surface area is 489 Å². The van der Waals surface area contributed by atoms with Gasteiger partial charge >= 0.3 is 17.9 Å². The largest absolute Gasteiger partial charge is 0.494 e. The van der Waals surface area contributed by atoms with Gasteiger partial charge in [0.25, 0.3) is 0 Å². The van der Waals surface area contributed by atoms with E-state index in [0.717, 1.165) is 118 Å². The van der Waals surface area contributed by atoms with Crippen LogP contribution in [0.4, 0.5) is 0 Å². The lowest BCUT2D eigenvalue weighted by Gasteiger charge is -2.19. The summed E-state index contributed by atoms with van der Waals surface area (Å²) in [6.07, 6.45) is 32.6. The van der Waals surface area contributed by atoms with Crippen molar-refractivity contribution < 1.29 is 57.0 Å². The molecule has 12 heteroatoms. The summed E-state index contributed by atoms with van der Waals surface area (Å²) in [6.45, 7) is 22.9. The molecule has 12 nitrogen and oxygen atoms in total. The van der Waals surface area contributed by atoms with Crippen LogP contribution < -0.4 is 14.2 Å². The molecule has 81 heavy (non-hydrogen) atoms. The fraction of sp³-hybridized carbons (Fsp3) is 0.609. The van der Waals surface area contributed by atoms with E-state index in [1.165, 1.54) is 116 Å². The van der Waals surface area contributed by atoms with Crippen LogP contribution in [0.15, 0.2) is 92.5 Å². The highest BCUT2D eigenvalue weighted by Crippen LogP contribution is 2.23. The van der Waals surface area contributed by atoms with E-state index in [1.807, 2.05) is 72.8 Å². The summed E-state index contributed by atoms with van der Waals surface area (Å²) >= 11 is 0. The summed E-state index contributed by atoms with van der Waals surface area (Å²) < 4.78 is 51.6. The van der Waals surface area contributed by atoms with Crippen molar-refractivity contribution in [3.05, 3.63) is 109 Å². The molecule has 0 unspecified atom stereocenters. The van der Waals surface area contributed by atoms with E-state index >= 15 is 0 Å². The van der Waals surface area contributed by atoms with Crippen LogP contribution >= 0.6 is 0 Å². The number of unbranched alkanes of at least 4 members (excludes halogenated alkanes) is 24. The molecule has 3 rings (SSSR count). The van der Waals surface area contributed by atoms with Crippen LogP contribution in [0.3, 0.4) is 0 Å². The Morgan fingerprint density at radius 3 is 0.815 bits per heavy atom. The number of esters is 3. The Kier molecular flexibility index (Phi) is 40.6. The molecule has 0 atom stereocenters. The lowest BCUT2D eigenvalue weighted by Crippen LogP contribution is -2.21. The first kappa shape index (κ1) is 69.8. The monoisotopic (exact) mass is 1120 g/mol. The zero-order valence-corrected chi connectivity index (χ0v) is 50.4. The Hall–Kier alpha value is -5.43.